The molecule has 0 aromatic heterocycles. The van der Waals surface area contributed by atoms with Crippen molar-refractivity contribution in [2.24, 2.45) is 0 Å². The number of benzene rings is 1. The van der Waals surface area contributed by atoms with Crippen LogP contribution in [0.3, 0.4) is 0 Å². The SMILES string of the molecule is Cl.Fc1ccc(C(F)(F)F)cc1[C@H](CC(F)F)N1CCNCC1. The van der Waals surface area contributed by atoms with Crippen LogP contribution in [0.4, 0.5) is 26.3 Å². The summed E-state index contributed by atoms with van der Waals surface area (Å²) in [7, 11) is 0. The first-order valence-electron chi connectivity index (χ1n) is 6.88. The second-order valence-corrected chi connectivity index (χ2v) is 5.16. The minimum Gasteiger partial charge on any atom is -0.314 e. The summed E-state index contributed by atoms with van der Waals surface area (Å²) in [5, 5.41) is 3.02. The molecule has 1 aromatic rings. The smallest absolute Gasteiger partial charge is 0.314 e. The number of hydrogen-bond acceptors (Lipinski definition) is 2. The van der Waals surface area contributed by atoms with Gasteiger partial charge in [-0.05, 0) is 18.2 Å². The van der Waals surface area contributed by atoms with Crippen LogP contribution >= 0.6 is 12.4 Å². The fourth-order valence-corrected chi connectivity index (χ4v) is 2.61. The molecule has 0 amide bonds. The van der Waals surface area contributed by atoms with Crippen molar-refractivity contribution in [3.63, 3.8) is 0 Å². The molecule has 0 saturated carbocycles. The van der Waals surface area contributed by atoms with Crippen LogP contribution in [0.1, 0.15) is 23.6 Å². The zero-order valence-corrected chi connectivity index (χ0v) is 12.9. The highest BCUT2D eigenvalue weighted by Gasteiger charge is 2.34. The largest absolute Gasteiger partial charge is 0.416 e. The lowest BCUT2D eigenvalue weighted by molar-refractivity contribution is -0.137. The van der Waals surface area contributed by atoms with E-state index in [9.17, 15) is 26.3 Å². The van der Waals surface area contributed by atoms with Gasteiger partial charge in [0.1, 0.15) is 5.82 Å². The average Bonchev–Trinajstić information content (AvgIpc) is 2.45. The zero-order chi connectivity index (χ0) is 16.3. The van der Waals surface area contributed by atoms with E-state index >= 15 is 0 Å². The predicted octanol–water partition coefficient (Wildman–Crippen LogP) is 3.87. The van der Waals surface area contributed by atoms with Crippen LogP contribution in [0.5, 0.6) is 0 Å². The Bertz CT molecular complexity index is 503. The normalized spacial score (nSPS) is 17.9. The third-order valence-corrected chi connectivity index (χ3v) is 3.68. The molecule has 1 aliphatic rings. The summed E-state index contributed by atoms with van der Waals surface area (Å²) in [5.41, 5.74) is -1.35. The number of halogens is 7. The van der Waals surface area contributed by atoms with Gasteiger partial charge in [-0.2, -0.15) is 13.2 Å². The Hall–Kier alpha value is -0.990. The van der Waals surface area contributed by atoms with Gasteiger partial charge in [0.2, 0.25) is 6.43 Å². The van der Waals surface area contributed by atoms with E-state index in [1.165, 1.54) is 0 Å². The fourth-order valence-electron chi connectivity index (χ4n) is 2.61. The van der Waals surface area contributed by atoms with Crippen molar-refractivity contribution in [3.8, 4) is 0 Å². The lowest BCUT2D eigenvalue weighted by Gasteiger charge is -2.35. The van der Waals surface area contributed by atoms with Crippen LogP contribution in [0, 0.1) is 5.82 Å². The van der Waals surface area contributed by atoms with Crippen LogP contribution in [-0.2, 0) is 6.18 Å². The lowest BCUT2D eigenvalue weighted by Crippen LogP contribution is -2.45. The van der Waals surface area contributed by atoms with Crippen molar-refractivity contribution in [1.82, 2.24) is 10.2 Å². The molecule has 0 unspecified atom stereocenters. The summed E-state index contributed by atoms with van der Waals surface area (Å²) in [6.07, 6.45) is -8.06. The van der Waals surface area contributed by atoms with E-state index in [4.69, 9.17) is 0 Å². The van der Waals surface area contributed by atoms with E-state index in [0.717, 1.165) is 0 Å². The first kappa shape index (κ1) is 20.1. The number of alkyl halides is 5. The Morgan fingerprint density at radius 2 is 1.74 bits per heavy atom. The Morgan fingerprint density at radius 3 is 2.26 bits per heavy atom. The van der Waals surface area contributed by atoms with Gasteiger partial charge in [-0.15, -0.1) is 12.4 Å². The maximum absolute atomic E-state index is 14.0. The average molecular weight is 363 g/mol. The van der Waals surface area contributed by atoms with E-state index in [-0.39, 0.29) is 18.0 Å². The van der Waals surface area contributed by atoms with Crippen molar-refractivity contribution in [3.05, 3.63) is 35.1 Å². The predicted molar refractivity (Wildman–Crippen MR) is 76.5 cm³/mol. The molecule has 0 spiro atoms. The van der Waals surface area contributed by atoms with Gasteiger partial charge in [-0.25, -0.2) is 13.2 Å². The molecule has 23 heavy (non-hydrogen) atoms. The molecule has 1 aromatic carbocycles. The Balaban J connectivity index is 0.00000264. The summed E-state index contributed by atoms with van der Waals surface area (Å²) in [5.74, 6) is -0.891. The van der Waals surface area contributed by atoms with Crippen molar-refractivity contribution >= 4 is 12.4 Å². The number of nitrogens with zero attached hydrogens (tertiary/aromatic N) is 1. The number of hydrogen-bond donors (Lipinski definition) is 1. The number of rotatable bonds is 4. The van der Waals surface area contributed by atoms with Crippen molar-refractivity contribution in [1.29, 1.82) is 0 Å². The number of piperazine rings is 1. The molecule has 1 heterocycles. The maximum atomic E-state index is 14.0. The highest BCUT2D eigenvalue weighted by molar-refractivity contribution is 5.85. The Kier molecular flexibility index (Phi) is 7.16. The summed E-state index contributed by atoms with van der Waals surface area (Å²) < 4.78 is 77.9. The van der Waals surface area contributed by atoms with E-state index in [2.05, 4.69) is 5.32 Å². The van der Waals surface area contributed by atoms with Crippen LogP contribution in [-0.4, -0.2) is 37.5 Å². The Labute approximate surface area is 136 Å². The molecule has 0 bridgehead atoms. The van der Waals surface area contributed by atoms with Gasteiger partial charge in [0.05, 0.1) is 5.56 Å². The van der Waals surface area contributed by atoms with Gasteiger partial charge in [0.25, 0.3) is 0 Å². The molecule has 0 radical (unpaired) electrons. The summed E-state index contributed by atoms with van der Waals surface area (Å²) in [4.78, 5) is 1.60. The molecule has 1 saturated heterocycles. The van der Waals surface area contributed by atoms with Gasteiger partial charge in [0.15, 0.2) is 0 Å². The quantitative estimate of drug-likeness (QED) is 0.818. The van der Waals surface area contributed by atoms with E-state index < -0.39 is 36.4 Å². The molecule has 9 heteroatoms. The van der Waals surface area contributed by atoms with Gasteiger partial charge < -0.3 is 5.32 Å². The third-order valence-electron chi connectivity index (χ3n) is 3.68. The molecular weight excluding hydrogens is 346 g/mol. The molecule has 1 N–H and O–H groups in total. The molecule has 1 fully saturated rings. The van der Waals surface area contributed by atoms with E-state index in [1.807, 2.05) is 0 Å². The molecule has 2 nitrogen and oxygen atoms in total. The Morgan fingerprint density at radius 1 is 1.13 bits per heavy atom. The van der Waals surface area contributed by atoms with Crippen molar-refractivity contribution in [2.45, 2.75) is 25.1 Å². The highest BCUT2D eigenvalue weighted by atomic mass is 35.5. The minimum atomic E-state index is -4.64. The molecule has 132 valence electrons. The van der Waals surface area contributed by atoms with Gasteiger partial charge in [0, 0.05) is 44.2 Å². The second-order valence-electron chi connectivity index (χ2n) is 5.16. The maximum Gasteiger partial charge on any atom is 0.416 e. The van der Waals surface area contributed by atoms with Crippen LogP contribution in [0.15, 0.2) is 18.2 Å². The molecule has 0 aliphatic carbocycles. The van der Waals surface area contributed by atoms with E-state index in [0.29, 0.717) is 44.4 Å². The van der Waals surface area contributed by atoms with Crippen molar-refractivity contribution < 1.29 is 26.3 Å². The monoisotopic (exact) mass is 362 g/mol. The topological polar surface area (TPSA) is 15.3 Å². The third kappa shape index (κ3) is 5.26. The summed E-state index contributed by atoms with van der Waals surface area (Å²) >= 11 is 0. The lowest BCUT2D eigenvalue weighted by atomic mass is 9.98. The molecular formula is C14H17ClF6N2. The van der Waals surface area contributed by atoms with Gasteiger partial charge in [-0.3, -0.25) is 4.90 Å². The minimum absolute atomic E-state index is 0. The van der Waals surface area contributed by atoms with Gasteiger partial charge in [-0.1, -0.05) is 0 Å². The molecule has 1 atom stereocenters. The first-order valence-corrected chi connectivity index (χ1v) is 6.88. The zero-order valence-electron chi connectivity index (χ0n) is 12.0. The number of nitrogens with one attached hydrogen (secondary N) is 1. The molecule has 1 aliphatic heterocycles. The summed E-state index contributed by atoms with van der Waals surface area (Å²) in [6.45, 7) is 1.82. The second kappa shape index (κ2) is 8.21. The van der Waals surface area contributed by atoms with Crippen LogP contribution < -0.4 is 5.32 Å². The summed E-state index contributed by atoms with van der Waals surface area (Å²) in [6, 6.07) is 0.892. The fraction of sp³-hybridized carbons (Fsp3) is 0.571. The van der Waals surface area contributed by atoms with Crippen LogP contribution in [0.25, 0.3) is 0 Å². The molecule has 2 rings (SSSR count). The first-order chi connectivity index (χ1) is 10.3. The van der Waals surface area contributed by atoms with Crippen LogP contribution in [0.2, 0.25) is 0 Å². The highest BCUT2D eigenvalue weighted by Crippen LogP contribution is 2.35. The standard InChI is InChI=1S/C14H16F6N2.ClH/c15-11-2-1-9(14(18,19)20)7-10(11)12(8-13(16)17)22-5-3-21-4-6-22;/h1-2,7,12-13,21H,3-6,8H2;1H/t12-;/m0./s1. The van der Waals surface area contributed by atoms with Crippen molar-refractivity contribution in [2.75, 3.05) is 26.2 Å². The van der Waals surface area contributed by atoms with Gasteiger partial charge >= 0.3 is 6.18 Å². The van der Waals surface area contributed by atoms with E-state index in [1.54, 1.807) is 4.90 Å².